The zero-order valence-corrected chi connectivity index (χ0v) is 11.0. The Morgan fingerprint density at radius 2 is 2.25 bits per heavy atom. The number of allylic oxidation sites excluding steroid dienone is 2. The Labute approximate surface area is 102 Å². The molecule has 0 saturated carbocycles. The van der Waals surface area contributed by atoms with E-state index < -0.39 is 0 Å². The van der Waals surface area contributed by atoms with Crippen molar-refractivity contribution < 1.29 is 4.42 Å². The summed E-state index contributed by atoms with van der Waals surface area (Å²) in [4.78, 5) is 5.42. The molecule has 88 valence electrons. The van der Waals surface area contributed by atoms with Gasteiger partial charge >= 0.3 is 0 Å². The van der Waals surface area contributed by atoms with Gasteiger partial charge in [-0.25, -0.2) is 4.98 Å². The van der Waals surface area contributed by atoms with Crippen LogP contribution in [0.15, 0.2) is 29.3 Å². The summed E-state index contributed by atoms with van der Waals surface area (Å²) in [7, 11) is 0. The summed E-state index contributed by atoms with van der Waals surface area (Å²) in [5.74, 6) is 2.12. The molecule has 0 unspecified atom stereocenters. The molecule has 0 aromatic carbocycles. The third-order valence-electron chi connectivity index (χ3n) is 2.59. The van der Waals surface area contributed by atoms with E-state index in [-0.39, 0.29) is 0 Å². The van der Waals surface area contributed by atoms with E-state index in [0.29, 0.717) is 5.92 Å². The highest BCUT2D eigenvalue weighted by Gasteiger charge is 2.14. The zero-order chi connectivity index (χ0) is 12.0. The standard InChI is InChI=1S/C13H19NOS/c1-5-8-12(16-4)11-9-14-13(15-11)10(6-2)7-3/h5,8-10H,1,6-7H2,2-4H3/b12-8-. The van der Waals surface area contributed by atoms with Crippen molar-refractivity contribution in [3.63, 3.8) is 0 Å². The van der Waals surface area contributed by atoms with Crippen LogP contribution in [0.25, 0.3) is 4.91 Å². The maximum atomic E-state index is 5.79. The van der Waals surface area contributed by atoms with Gasteiger partial charge in [0.1, 0.15) is 0 Å². The molecular formula is C13H19NOS. The highest BCUT2D eigenvalue weighted by atomic mass is 32.2. The molecular weight excluding hydrogens is 218 g/mol. The molecule has 1 rings (SSSR count). The van der Waals surface area contributed by atoms with Gasteiger partial charge in [0.2, 0.25) is 0 Å². The number of thioether (sulfide) groups is 1. The van der Waals surface area contributed by atoms with E-state index in [2.05, 4.69) is 25.4 Å². The van der Waals surface area contributed by atoms with Gasteiger partial charge in [0.25, 0.3) is 0 Å². The fourth-order valence-electron chi connectivity index (χ4n) is 1.59. The van der Waals surface area contributed by atoms with Gasteiger partial charge in [0, 0.05) is 5.92 Å². The molecule has 1 heterocycles. The van der Waals surface area contributed by atoms with E-state index in [1.165, 1.54) is 0 Å². The molecule has 2 nitrogen and oxygen atoms in total. The second-order valence-electron chi connectivity index (χ2n) is 3.55. The summed E-state index contributed by atoms with van der Waals surface area (Å²) < 4.78 is 5.79. The lowest BCUT2D eigenvalue weighted by Gasteiger charge is -2.06. The minimum absolute atomic E-state index is 0.431. The Hall–Kier alpha value is -0.960. The van der Waals surface area contributed by atoms with Crippen molar-refractivity contribution in [3.05, 3.63) is 36.6 Å². The van der Waals surface area contributed by atoms with Crippen molar-refractivity contribution in [2.24, 2.45) is 0 Å². The maximum absolute atomic E-state index is 5.79. The normalized spacial score (nSPS) is 12.1. The Bertz CT molecular complexity index is 364. The molecule has 0 N–H and O–H groups in total. The van der Waals surface area contributed by atoms with Gasteiger partial charge in [-0.05, 0) is 25.2 Å². The summed E-state index contributed by atoms with van der Waals surface area (Å²) in [6.45, 7) is 8.02. The first kappa shape index (κ1) is 13.1. The van der Waals surface area contributed by atoms with Crippen LogP contribution >= 0.6 is 11.8 Å². The molecule has 1 aromatic heterocycles. The highest BCUT2D eigenvalue weighted by molar-refractivity contribution is 8.07. The van der Waals surface area contributed by atoms with Gasteiger partial charge in [-0.2, -0.15) is 0 Å². The van der Waals surface area contributed by atoms with Gasteiger partial charge in [-0.15, -0.1) is 11.8 Å². The predicted octanol–water partition coefficient (Wildman–Crippen LogP) is 4.47. The summed E-state index contributed by atoms with van der Waals surface area (Å²) >= 11 is 1.64. The molecule has 1 aromatic rings. The summed E-state index contributed by atoms with van der Waals surface area (Å²) in [6.07, 6.45) is 9.67. The van der Waals surface area contributed by atoms with Gasteiger partial charge < -0.3 is 4.42 Å². The van der Waals surface area contributed by atoms with E-state index in [9.17, 15) is 0 Å². The average Bonchev–Trinajstić information content (AvgIpc) is 2.77. The maximum Gasteiger partial charge on any atom is 0.198 e. The largest absolute Gasteiger partial charge is 0.440 e. The van der Waals surface area contributed by atoms with Gasteiger partial charge in [0.05, 0.1) is 11.1 Å². The molecule has 0 saturated heterocycles. The average molecular weight is 237 g/mol. The zero-order valence-electron chi connectivity index (χ0n) is 10.2. The number of hydrogen-bond acceptors (Lipinski definition) is 3. The van der Waals surface area contributed by atoms with Crippen molar-refractivity contribution in [1.29, 1.82) is 0 Å². The third kappa shape index (κ3) is 3.01. The van der Waals surface area contributed by atoms with Crippen LogP contribution in [0.1, 0.15) is 44.3 Å². The first-order valence-corrected chi connectivity index (χ1v) is 6.82. The van der Waals surface area contributed by atoms with Crippen LogP contribution in [0, 0.1) is 0 Å². The molecule has 0 spiro atoms. The Kier molecular flexibility index (Phi) is 5.39. The first-order chi connectivity index (χ1) is 7.76. The van der Waals surface area contributed by atoms with E-state index in [4.69, 9.17) is 4.42 Å². The monoisotopic (exact) mass is 237 g/mol. The SMILES string of the molecule is C=C/C=C(\SC)c1cnc(C(CC)CC)o1. The molecule has 0 aliphatic rings. The molecule has 0 aliphatic carbocycles. The van der Waals surface area contributed by atoms with Crippen LogP contribution in [0.3, 0.4) is 0 Å². The van der Waals surface area contributed by atoms with Crippen LogP contribution in [-0.2, 0) is 0 Å². The lowest BCUT2D eigenvalue weighted by Crippen LogP contribution is -1.94. The molecule has 0 radical (unpaired) electrons. The van der Waals surface area contributed by atoms with Crippen LogP contribution in [-0.4, -0.2) is 11.2 Å². The van der Waals surface area contributed by atoms with Crippen molar-refractivity contribution >= 4 is 16.7 Å². The smallest absolute Gasteiger partial charge is 0.198 e. The van der Waals surface area contributed by atoms with Gasteiger partial charge in [-0.1, -0.05) is 26.5 Å². The van der Waals surface area contributed by atoms with Crippen LogP contribution in [0.4, 0.5) is 0 Å². The lowest BCUT2D eigenvalue weighted by molar-refractivity contribution is 0.426. The number of oxazole rings is 1. The third-order valence-corrected chi connectivity index (χ3v) is 3.37. The molecule has 0 fully saturated rings. The van der Waals surface area contributed by atoms with Gasteiger partial charge in [0.15, 0.2) is 11.7 Å². The highest BCUT2D eigenvalue weighted by Crippen LogP contribution is 2.29. The second-order valence-corrected chi connectivity index (χ2v) is 4.39. The van der Waals surface area contributed by atoms with E-state index in [1.807, 2.05) is 12.3 Å². The molecule has 16 heavy (non-hydrogen) atoms. The minimum atomic E-state index is 0.431. The van der Waals surface area contributed by atoms with E-state index in [1.54, 1.807) is 24.0 Å². The number of rotatable bonds is 6. The van der Waals surface area contributed by atoms with Crippen LogP contribution in [0.2, 0.25) is 0 Å². The number of aromatic nitrogens is 1. The van der Waals surface area contributed by atoms with Crippen molar-refractivity contribution in [3.8, 4) is 0 Å². The summed E-state index contributed by atoms with van der Waals surface area (Å²) in [5.41, 5.74) is 0. The quantitative estimate of drug-likeness (QED) is 0.683. The fourth-order valence-corrected chi connectivity index (χ4v) is 2.11. The van der Waals surface area contributed by atoms with Crippen LogP contribution < -0.4 is 0 Å². The van der Waals surface area contributed by atoms with Crippen LogP contribution in [0.5, 0.6) is 0 Å². The number of hydrogen-bond donors (Lipinski definition) is 0. The minimum Gasteiger partial charge on any atom is -0.440 e. The summed E-state index contributed by atoms with van der Waals surface area (Å²) in [6, 6.07) is 0. The Morgan fingerprint density at radius 3 is 2.75 bits per heavy atom. The Balaban J connectivity index is 2.93. The molecule has 0 amide bonds. The van der Waals surface area contributed by atoms with Crippen molar-refractivity contribution in [1.82, 2.24) is 4.98 Å². The lowest BCUT2D eigenvalue weighted by atomic mass is 10.0. The van der Waals surface area contributed by atoms with Crippen molar-refractivity contribution in [2.45, 2.75) is 32.6 Å². The second kappa shape index (κ2) is 6.59. The van der Waals surface area contributed by atoms with Gasteiger partial charge in [-0.3, -0.25) is 0 Å². The van der Waals surface area contributed by atoms with Crippen molar-refractivity contribution in [2.75, 3.05) is 6.26 Å². The predicted molar refractivity (Wildman–Crippen MR) is 71.5 cm³/mol. The first-order valence-electron chi connectivity index (χ1n) is 5.59. The van der Waals surface area contributed by atoms with E-state index in [0.717, 1.165) is 29.4 Å². The molecule has 0 bridgehead atoms. The topological polar surface area (TPSA) is 26.0 Å². The Morgan fingerprint density at radius 1 is 1.56 bits per heavy atom. The summed E-state index contributed by atoms with van der Waals surface area (Å²) in [5, 5.41) is 0. The number of nitrogens with zero attached hydrogens (tertiary/aromatic N) is 1. The molecule has 0 aliphatic heterocycles. The molecule has 3 heteroatoms. The van der Waals surface area contributed by atoms with E-state index >= 15 is 0 Å². The molecule has 0 atom stereocenters. The fraction of sp³-hybridized carbons (Fsp3) is 0.462.